The van der Waals surface area contributed by atoms with Gasteiger partial charge in [-0.1, -0.05) is 17.7 Å². The molecule has 3 rings (SSSR count). The van der Waals surface area contributed by atoms with Crippen molar-refractivity contribution >= 4 is 55.7 Å². The zero-order valence-corrected chi connectivity index (χ0v) is 21.2. The highest BCUT2D eigenvalue weighted by molar-refractivity contribution is 9.10. The number of methoxy groups -OCH3 is 2. The van der Waals surface area contributed by atoms with Crippen LogP contribution in [0.5, 0.6) is 17.2 Å². The first-order valence-electron chi connectivity index (χ1n) is 9.76. The summed E-state index contributed by atoms with van der Waals surface area (Å²) in [6.07, 6.45) is 0. The van der Waals surface area contributed by atoms with Crippen LogP contribution in [0, 0.1) is 0 Å². The summed E-state index contributed by atoms with van der Waals surface area (Å²) >= 11 is 10.5. The van der Waals surface area contributed by atoms with E-state index in [9.17, 15) is 9.59 Å². The van der Waals surface area contributed by atoms with Gasteiger partial charge in [-0.3, -0.25) is 4.79 Å². The smallest absolute Gasteiger partial charge is 0.341 e. The third-order valence-corrected chi connectivity index (χ3v) is 6.22. The zero-order chi connectivity index (χ0) is 24.0. The van der Waals surface area contributed by atoms with Crippen molar-refractivity contribution in [3.05, 3.63) is 56.8 Å². The molecular weight excluding hydrogens is 534 g/mol. The van der Waals surface area contributed by atoms with Gasteiger partial charge in [0.2, 0.25) is 0 Å². The lowest BCUT2D eigenvalue weighted by Gasteiger charge is -2.12. The topological polar surface area (TPSA) is 83.1 Å². The summed E-state index contributed by atoms with van der Waals surface area (Å²) in [7, 11) is 3.08. The molecule has 1 amide bonds. The first-order valence-corrected chi connectivity index (χ1v) is 11.8. The molecule has 0 atom stereocenters. The van der Waals surface area contributed by atoms with Crippen molar-refractivity contribution in [1.29, 1.82) is 0 Å². The second-order valence-electron chi connectivity index (χ2n) is 6.56. The lowest BCUT2D eigenvalue weighted by Crippen LogP contribution is -2.21. The van der Waals surface area contributed by atoms with Crippen molar-refractivity contribution in [2.24, 2.45) is 0 Å². The van der Waals surface area contributed by atoms with Crippen LogP contribution in [0.25, 0.3) is 11.1 Å². The maximum Gasteiger partial charge on any atom is 0.341 e. The Hall–Kier alpha value is -2.75. The van der Waals surface area contributed by atoms with Crippen LogP contribution >= 0.6 is 38.9 Å². The number of carbonyl (C=O) groups is 2. The third kappa shape index (κ3) is 5.98. The molecule has 2 aromatic carbocycles. The van der Waals surface area contributed by atoms with Gasteiger partial charge in [0.15, 0.2) is 18.1 Å². The van der Waals surface area contributed by atoms with Crippen molar-refractivity contribution in [3.8, 4) is 28.4 Å². The number of amides is 1. The number of hydrogen-bond acceptors (Lipinski definition) is 7. The van der Waals surface area contributed by atoms with Crippen molar-refractivity contribution in [3.63, 3.8) is 0 Å². The zero-order valence-electron chi connectivity index (χ0n) is 18.1. The summed E-state index contributed by atoms with van der Waals surface area (Å²) in [5, 5.41) is 5.43. The highest BCUT2D eigenvalue weighted by Crippen LogP contribution is 2.39. The third-order valence-electron chi connectivity index (χ3n) is 4.47. The number of anilines is 1. The lowest BCUT2D eigenvalue weighted by atomic mass is 10.0. The quantitative estimate of drug-likeness (QED) is 0.325. The second-order valence-corrected chi connectivity index (χ2v) is 8.73. The minimum Gasteiger partial charge on any atom is -0.493 e. The standard InChI is InChI=1S/C23H21BrClNO6S/c1-4-31-23(28)21-15(13-5-7-18(29-2)19(9-13)30-3)12-33-22(21)26-20(27)11-32-17-8-6-14(25)10-16(17)24/h5-10,12H,4,11H2,1-3H3,(H,26,27). The molecule has 1 aromatic heterocycles. The minimum absolute atomic E-state index is 0.196. The van der Waals surface area contributed by atoms with Crippen LogP contribution in [0.4, 0.5) is 5.00 Å². The van der Waals surface area contributed by atoms with Crippen molar-refractivity contribution in [2.45, 2.75) is 6.92 Å². The van der Waals surface area contributed by atoms with E-state index in [0.29, 0.717) is 42.9 Å². The molecule has 0 saturated carbocycles. The molecule has 1 N–H and O–H groups in total. The molecule has 3 aromatic rings. The van der Waals surface area contributed by atoms with Gasteiger partial charge in [-0.05, 0) is 58.7 Å². The van der Waals surface area contributed by atoms with E-state index in [1.54, 1.807) is 55.8 Å². The van der Waals surface area contributed by atoms with Crippen LogP contribution in [0.1, 0.15) is 17.3 Å². The summed E-state index contributed by atoms with van der Waals surface area (Å²) in [5.74, 6) is 0.581. The minimum atomic E-state index is -0.541. The first kappa shape index (κ1) is 24.9. The molecule has 10 heteroatoms. The Morgan fingerprint density at radius 1 is 1.06 bits per heavy atom. The number of carbonyl (C=O) groups excluding carboxylic acids is 2. The molecule has 7 nitrogen and oxygen atoms in total. The van der Waals surface area contributed by atoms with E-state index < -0.39 is 11.9 Å². The van der Waals surface area contributed by atoms with Gasteiger partial charge in [0.25, 0.3) is 5.91 Å². The fourth-order valence-corrected chi connectivity index (χ4v) is 4.74. The molecule has 0 saturated heterocycles. The van der Waals surface area contributed by atoms with Gasteiger partial charge in [-0.2, -0.15) is 0 Å². The predicted molar refractivity (Wildman–Crippen MR) is 132 cm³/mol. The summed E-state index contributed by atoms with van der Waals surface area (Å²) in [5.41, 5.74) is 1.58. The Balaban J connectivity index is 1.85. The predicted octanol–water partition coefficient (Wildman–Crippen LogP) is 6.04. The average molecular weight is 555 g/mol. The Kier molecular flexibility index (Phi) is 8.60. The van der Waals surface area contributed by atoms with Crippen LogP contribution in [-0.2, 0) is 9.53 Å². The van der Waals surface area contributed by atoms with Crippen LogP contribution in [0.2, 0.25) is 5.02 Å². The van der Waals surface area contributed by atoms with E-state index in [4.69, 9.17) is 30.5 Å². The molecule has 33 heavy (non-hydrogen) atoms. The van der Waals surface area contributed by atoms with E-state index in [0.717, 1.165) is 0 Å². The van der Waals surface area contributed by atoms with Crippen LogP contribution < -0.4 is 19.5 Å². The van der Waals surface area contributed by atoms with Gasteiger partial charge in [-0.25, -0.2) is 4.79 Å². The van der Waals surface area contributed by atoms with Gasteiger partial charge in [0.1, 0.15) is 16.3 Å². The SMILES string of the molecule is CCOC(=O)c1c(-c2ccc(OC)c(OC)c2)csc1NC(=O)COc1ccc(Cl)cc1Br. The summed E-state index contributed by atoms with van der Waals surface area (Å²) in [4.78, 5) is 25.3. The molecule has 174 valence electrons. The molecule has 0 radical (unpaired) electrons. The van der Waals surface area contributed by atoms with Crippen LogP contribution in [0.15, 0.2) is 46.3 Å². The van der Waals surface area contributed by atoms with Gasteiger partial charge in [-0.15, -0.1) is 11.3 Å². The number of esters is 1. The fraction of sp³-hybridized carbons (Fsp3) is 0.217. The highest BCUT2D eigenvalue weighted by atomic mass is 79.9. The molecule has 0 aliphatic carbocycles. The van der Waals surface area contributed by atoms with E-state index in [1.165, 1.54) is 18.4 Å². The number of benzene rings is 2. The second kappa shape index (κ2) is 11.4. The van der Waals surface area contributed by atoms with Gasteiger partial charge >= 0.3 is 5.97 Å². The van der Waals surface area contributed by atoms with E-state index in [-0.39, 0.29) is 18.8 Å². The number of halogens is 2. The number of nitrogens with one attached hydrogen (secondary N) is 1. The Morgan fingerprint density at radius 3 is 2.45 bits per heavy atom. The van der Waals surface area contributed by atoms with Crippen molar-refractivity contribution in [1.82, 2.24) is 0 Å². The van der Waals surface area contributed by atoms with Gasteiger partial charge in [0.05, 0.1) is 25.3 Å². The maximum absolute atomic E-state index is 12.8. The largest absolute Gasteiger partial charge is 0.493 e. The Morgan fingerprint density at radius 2 is 1.79 bits per heavy atom. The first-order chi connectivity index (χ1) is 15.9. The van der Waals surface area contributed by atoms with E-state index in [2.05, 4.69) is 21.2 Å². The summed E-state index contributed by atoms with van der Waals surface area (Å²) < 4.78 is 22.1. The number of hydrogen-bond donors (Lipinski definition) is 1. The molecular formula is C23H21BrClNO6S. The molecule has 0 bridgehead atoms. The Bertz CT molecular complexity index is 1170. The van der Waals surface area contributed by atoms with E-state index >= 15 is 0 Å². The van der Waals surface area contributed by atoms with Gasteiger partial charge in [0, 0.05) is 16.0 Å². The van der Waals surface area contributed by atoms with E-state index in [1.807, 2.05) is 0 Å². The van der Waals surface area contributed by atoms with Crippen LogP contribution in [0.3, 0.4) is 0 Å². The number of ether oxygens (including phenoxy) is 4. The molecule has 0 fully saturated rings. The van der Waals surface area contributed by atoms with Gasteiger partial charge < -0.3 is 24.3 Å². The van der Waals surface area contributed by atoms with Crippen LogP contribution in [-0.4, -0.2) is 39.3 Å². The monoisotopic (exact) mass is 553 g/mol. The fourth-order valence-electron chi connectivity index (χ4n) is 2.97. The highest BCUT2D eigenvalue weighted by Gasteiger charge is 2.24. The normalized spacial score (nSPS) is 10.5. The molecule has 0 aliphatic rings. The summed E-state index contributed by atoms with van der Waals surface area (Å²) in [6, 6.07) is 10.3. The number of rotatable bonds is 9. The van der Waals surface area contributed by atoms with Crippen molar-refractivity contribution in [2.75, 3.05) is 32.8 Å². The Labute approximate surface area is 208 Å². The molecule has 0 aliphatic heterocycles. The molecule has 0 unspecified atom stereocenters. The van der Waals surface area contributed by atoms with Crippen molar-refractivity contribution < 1.29 is 28.5 Å². The lowest BCUT2D eigenvalue weighted by molar-refractivity contribution is -0.118. The maximum atomic E-state index is 12.8. The number of thiophene rings is 1. The average Bonchev–Trinajstić information content (AvgIpc) is 3.21. The molecule has 1 heterocycles. The molecule has 0 spiro atoms. The summed E-state index contributed by atoms with van der Waals surface area (Å²) in [6.45, 7) is 1.66.